The van der Waals surface area contributed by atoms with Crippen LogP contribution in [-0.4, -0.2) is 47.2 Å². The number of piperazine rings is 1. The number of hydrogen-bond donors (Lipinski definition) is 1. The number of benzene rings is 1. The summed E-state index contributed by atoms with van der Waals surface area (Å²) in [6.45, 7) is 7.33. The molecule has 1 saturated heterocycles. The third-order valence-electron chi connectivity index (χ3n) is 4.27. The van der Waals surface area contributed by atoms with Gasteiger partial charge in [-0.15, -0.1) is 0 Å². The van der Waals surface area contributed by atoms with Crippen LogP contribution < -0.4 is 9.80 Å². The maximum atomic E-state index is 11.3. The predicted octanol–water partition coefficient (Wildman–Crippen LogP) is 2.62. The van der Waals surface area contributed by atoms with E-state index in [2.05, 4.69) is 31.9 Å². The molecule has 0 radical (unpaired) electrons. The summed E-state index contributed by atoms with van der Waals surface area (Å²) in [5.74, 6) is -0.306. The Hall–Kier alpha value is -2.63. The van der Waals surface area contributed by atoms with Crippen LogP contribution in [0.3, 0.4) is 0 Å². The second-order valence-corrected chi connectivity index (χ2v) is 6.24. The van der Waals surface area contributed by atoms with Crippen LogP contribution in [0.2, 0.25) is 0 Å². The number of carboxylic acid groups (broad SMARTS) is 1. The molecule has 1 aromatic carbocycles. The fourth-order valence-electron chi connectivity index (χ4n) is 2.95. The van der Waals surface area contributed by atoms with Crippen LogP contribution in [0.1, 0.15) is 35.8 Å². The molecular weight excluding hydrogens is 304 g/mol. The van der Waals surface area contributed by atoms with Gasteiger partial charge in [0, 0.05) is 38.1 Å². The van der Waals surface area contributed by atoms with Gasteiger partial charge in [0.2, 0.25) is 5.95 Å². The molecule has 1 aliphatic heterocycles. The van der Waals surface area contributed by atoms with E-state index in [0.29, 0.717) is 11.6 Å². The lowest BCUT2D eigenvalue weighted by atomic mass is 10.1. The van der Waals surface area contributed by atoms with Gasteiger partial charge in [-0.05, 0) is 18.1 Å². The van der Waals surface area contributed by atoms with Crippen LogP contribution >= 0.6 is 0 Å². The number of carboxylic acids is 1. The van der Waals surface area contributed by atoms with E-state index in [4.69, 9.17) is 0 Å². The van der Waals surface area contributed by atoms with Gasteiger partial charge in [-0.2, -0.15) is 0 Å². The van der Waals surface area contributed by atoms with Gasteiger partial charge < -0.3 is 14.9 Å². The third-order valence-corrected chi connectivity index (χ3v) is 4.27. The van der Waals surface area contributed by atoms with Gasteiger partial charge >= 0.3 is 5.97 Å². The zero-order chi connectivity index (χ0) is 17.1. The largest absolute Gasteiger partial charge is 0.478 e. The topological polar surface area (TPSA) is 69.6 Å². The van der Waals surface area contributed by atoms with Crippen LogP contribution in [0.4, 0.5) is 11.6 Å². The van der Waals surface area contributed by atoms with Crippen molar-refractivity contribution in [2.24, 2.45) is 0 Å². The first kappa shape index (κ1) is 16.2. The maximum Gasteiger partial charge on any atom is 0.339 e. The van der Waals surface area contributed by atoms with Gasteiger partial charge in [-0.25, -0.2) is 14.8 Å². The molecule has 0 atom stereocenters. The predicted molar refractivity (Wildman–Crippen MR) is 93.9 cm³/mol. The Labute approximate surface area is 141 Å². The SMILES string of the molecule is CC(C)c1nc(N2CCN(c3ccccc3)CC2)ncc1C(=O)O. The summed E-state index contributed by atoms with van der Waals surface area (Å²) in [7, 11) is 0. The standard InChI is InChI=1S/C18H22N4O2/c1-13(2)16-15(17(23)24)12-19-18(20-16)22-10-8-21(9-11-22)14-6-4-3-5-7-14/h3-7,12-13H,8-11H2,1-2H3,(H,23,24). The van der Waals surface area contributed by atoms with Crippen LogP contribution in [-0.2, 0) is 0 Å². The van der Waals surface area contributed by atoms with Gasteiger partial charge in [-0.1, -0.05) is 32.0 Å². The highest BCUT2D eigenvalue weighted by atomic mass is 16.4. The molecule has 0 aliphatic carbocycles. The average molecular weight is 326 g/mol. The Morgan fingerprint density at radius 1 is 1.08 bits per heavy atom. The number of nitrogens with zero attached hydrogens (tertiary/aromatic N) is 4. The molecule has 6 heteroatoms. The van der Waals surface area contributed by atoms with Crippen molar-refractivity contribution in [3.05, 3.63) is 47.8 Å². The van der Waals surface area contributed by atoms with Gasteiger partial charge in [0.1, 0.15) is 0 Å². The maximum absolute atomic E-state index is 11.3. The summed E-state index contributed by atoms with van der Waals surface area (Å²) >= 11 is 0. The zero-order valence-corrected chi connectivity index (χ0v) is 14.0. The lowest BCUT2D eigenvalue weighted by Gasteiger charge is -2.36. The van der Waals surface area contributed by atoms with Crippen molar-refractivity contribution in [2.75, 3.05) is 36.0 Å². The number of anilines is 2. The molecule has 2 aromatic rings. The molecule has 2 heterocycles. The molecule has 1 aromatic heterocycles. The van der Waals surface area contributed by atoms with Crippen LogP contribution in [0.5, 0.6) is 0 Å². The number of aromatic carboxylic acids is 1. The van der Waals surface area contributed by atoms with E-state index >= 15 is 0 Å². The van der Waals surface area contributed by atoms with Crippen molar-refractivity contribution < 1.29 is 9.90 Å². The van der Waals surface area contributed by atoms with E-state index in [-0.39, 0.29) is 11.5 Å². The minimum Gasteiger partial charge on any atom is -0.478 e. The zero-order valence-electron chi connectivity index (χ0n) is 14.0. The highest BCUT2D eigenvalue weighted by Gasteiger charge is 2.22. The van der Waals surface area contributed by atoms with Crippen molar-refractivity contribution in [1.82, 2.24) is 9.97 Å². The Balaban J connectivity index is 1.75. The summed E-state index contributed by atoms with van der Waals surface area (Å²) in [5.41, 5.74) is 2.01. The first-order chi connectivity index (χ1) is 11.6. The average Bonchev–Trinajstić information content (AvgIpc) is 2.62. The second kappa shape index (κ2) is 6.86. The molecule has 0 spiro atoms. The molecule has 1 aliphatic rings. The number of hydrogen-bond acceptors (Lipinski definition) is 5. The Bertz CT molecular complexity index is 710. The molecular formula is C18H22N4O2. The van der Waals surface area contributed by atoms with Crippen molar-refractivity contribution in [3.63, 3.8) is 0 Å². The molecule has 0 amide bonds. The number of para-hydroxylation sites is 1. The minimum absolute atomic E-state index is 0.0449. The normalized spacial score (nSPS) is 15.0. The Morgan fingerprint density at radius 2 is 1.71 bits per heavy atom. The molecule has 24 heavy (non-hydrogen) atoms. The van der Waals surface area contributed by atoms with Gasteiger partial charge in [-0.3, -0.25) is 0 Å². The van der Waals surface area contributed by atoms with E-state index in [0.717, 1.165) is 26.2 Å². The van der Waals surface area contributed by atoms with Crippen molar-refractivity contribution in [3.8, 4) is 0 Å². The molecule has 0 saturated carbocycles. The summed E-state index contributed by atoms with van der Waals surface area (Å²) in [5, 5.41) is 9.28. The number of aromatic nitrogens is 2. The number of rotatable bonds is 4. The van der Waals surface area contributed by atoms with Gasteiger partial charge in [0.25, 0.3) is 0 Å². The highest BCUT2D eigenvalue weighted by molar-refractivity contribution is 5.88. The fraction of sp³-hybridized carbons (Fsp3) is 0.389. The van der Waals surface area contributed by atoms with Crippen molar-refractivity contribution >= 4 is 17.6 Å². The number of carbonyl (C=O) groups is 1. The van der Waals surface area contributed by atoms with Gasteiger partial charge in [0.15, 0.2) is 0 Å². The van der Waals surface area contributed by atoms with Crippen molar-refractivity contribution in [2.45, 2.75) is 19.8 Å². The van der Waals surface area contributed by atoms with Gasteiger partial charge in [0.05, 0.1) is 11.3 Å². The second-order valence-electron chi connectivity index (χ2n) is 6.24. The first-order valence-electron chi connectivity index (χ1n) is 8.21. The smallest absolute Gasteiger partial charge is 0.339 e. The van der Waals surface area contributed by atoms with E-state index in [1.807, 2.05) is 32.0 Å². The fourth-order valence-corrected chi connectivity index (χ4v) is 2.95. The molecule has 0 bridgehead atoms. The quantitative estimate of drug-likeness (QED) is 0.931. The van der Waals surface area contributed by atoms with E-state index in [9.17, 15) is 9.90 Å². The summed E-state index contributed by atoms with van der Waals surface area (Å²) < 4.78 is 0. The molecule has 1 N–H and O–H groups in total. The lowest BCUT2D eigenvalue weighted by Crippen LogP contribution is -2.47. The van der Waals surface area contributed by atoms with E-state index in [1.54, 1.807) is 0 Å². The monoisotopic (exact) mass is 326 g/mol. The minimum atomic E-state index is -0.973. The molecule has 0 unspecified atom stereocenters. The first-order valence-corrected chi connectivity index (χ1v) is 8.21. The van der Waals surface area contributed by atoms with Crippen LogP contribution in [0.25, 0.3) is 0 Å². The Morgan fingerprint density at radius 3 is 2.29 bits per heavy atom. The Kier molecular flexibility index (Phi) is 4.64. The summed E-state index contributed by atoms with van der Waals surface area (Å²) in [4.78, 5) is 24.6. The third kappa shape index (κ3) is 3.32. The van der Waals surface area contributed by atoms with Crippen LogP contribution in [0, 0.1) is 0 Å². The highest BCUT2D eigenvalue weighted by Crippen LogP contribution is 2.22. The molecule has 3 rings (SSSR count). The summed E-state index contributed by atoms with van der Waals surface area (Å²) in [6.07, 6.45) is 1.43. The molecule has 126 valence electrons. The molecule has 6 nitrogen and oxygen atoms in total. The molecule has 1 fully saturated rings. The van der Waals surface area contributed by atoms with Crippen molar-refractivity contribution in [1.29, 1.82) is 0 Å². The van der Waals surface area contributed by atoms with E-state index < -0.39 is 5.97 Å². The van der Waals surface area contributed by atoms with E-state index in [1.165, 1.54) is 11.9 Å². The summed E-state index contributed by atoms with van der Waals surface area (Å²) in [6, 6.07) is 10.3. The lowest BCUT2D eigenvalue weighted by molar-refractivity contribution is 0.0694. The van der Waals surface area contributed by atoms with Crippen LogP contribution in [0.15, 0.2) is 36.5 Å².